The first-order valence-corrected chi connectivity index (χ1v) is 7.04. The predicted octanol–water partition coefficient (Wildman–Crippen LogP) is 4.84. The summed E-state index contributed by atoms with van der Waals surface area (Å²) in [7, 11) is 0. The number of aromatic nitrogens is 2. The largest absolute Gasteiger partial charge is 0.337 e. The standard InChI is InChI=1S/C14H26N2S/c1-7-11(8-2)10(3)16-12(14(4,5)6)9-15-13(16)17/h9-11H,7-8H2,1-6H3,(H,15,17). The summed E-state index contributed by atoms with van der Waals surface area (Å²) in [6.07, 6.45) is 4.48. The maximum Gasteiger partial charge on any atom is 0.177 e. The van der Waals surface area contributed by atoms with Crippen molar-refractivity contribution in [2.75, 3.05) is 0 Å². The van der Waals surface area contributed by atoms with Crippen molar-refractivity contribution in [1.29, 1.82) is 0 Å². The van der Waals surface area contributed by atoms with Gasteiger partial charge in [0, 0.05) is 23.3 Å². The molecule has 1 aromatic heterocycles. The van der Waals surface area contributed by atoms with Crippen LogP contribution in [-0.4, -0.2) is 9.55 Å². The highest BCUT2D eigenvalue weighted by molar-refractivity contribution is 7.71. The molecule has 0 saturated carbocycles. The van der Waals surface area contributed by atoms with Crippen LogP contribution in [0.3, 0.4) is 0 Å². The van der Waals surface area contributed by atoms with Crippen molar-refractivity contribution in [3.63, 3.8) is 0 Å². The van der Waals surface area contributed by atoms with E-state index < -0.39 is 0 Å². The Morgan fingerprint density at radius 1 is 1.29 bits per heavy atom. The summed E-state index contributed by atoms with van der Waals surface area (Å²) < 4.78 is 3.17. The number of nitrogens with one attached hydrogen (secondary N) is 1. The molecule has 1 aromatic rings. The maximum absolute atomic E-state index is 5.44. The van der Waals surface area contributed by atoms with Crippen molar-refractivity contribution in [2.45, 2.75) is 65.8 Å². The lowest BCUT2D eigenvalue weighted by Gasteiger charge is -2.29. The smallest absolute Gasteiger partial charge is 0.177 e. The van der Waals surface area contributed by atoms with E-state index in [1.165, 1.54) is 18.5 Å². The normalized spacial score (nSPS) is 14.3. The monoisotopic (exact) mass is 254 g/mol. The van der Waals surface area contributed by atoms with Crippen molar-refractivity contribution >= 4 is 12.2 Å². The minimum atomic E-state index is 0.133. The molecule has 98 valence electrons. The molecule has 0 aromatic carbocycles. The van der Waals surface area contributed by atoms with Crippen molar-refractivity contribution < 1.29 is 0 Å². The molecule has 3 heteroatoms. The molecule has 1 rings (SSSR count). The van der Waals surface area contributed by atoms with Gasteiger partial charge in [0.05, 0.1) is 0 Å². The number of nitrogens with zero attached hydrogens (tertiary/aromatic N) is 1. The summed E-state index contributed by atoms with van der Waals surface area (Å²) in [6, 6.07) is 0.470. The number of hydrogen-bond acceptors (Lipinski definition) is 1. The topological polar surface area (TPSA) is 20.7 Å². The molecule has 0 radical (unpaired) electrons. The van der Waals surface area contributed by atoms with Crippen LogP contribution in [0.5, 0.6) is 0 Å². The van der Waals surface area contributed by atoms with E-state index in [4.69, 9.17) is 12.2 Å². The first kappa shape index (κ1) is 14.5. The van der Waals surface area contributed by atoms with Crippen LogP contribution in [0.2, 0.25) is 0 Å². The van der Waals surface area contributed by atoms with Crippen molar-refractivity contribution in [3.8, 4) is 0 Å². The molecule has 0 amide bonds. The van der Waals surface area contributed by atoms with Crippen LogP contribution in [-0.2, 0) is 5.41 Å². The molecule has 0 fully saturated rings. The van der Waals surface area contributed by atoms with Crippen LogP contribution in [0.15, 0.2) is 6.20 Å². The SMILES string of the molecule is CCC(CC)C(C)n1c(C(C)(C)C)c[nH]c1=S. The lowest BCUT2D eigenvalue weighted by atomic mass is 9.90. The predicted molar refractivity (Wildman–Crippen MR) is 77.1 cm³/mol. The van der Waals surface area contributed by atoms with Gasteiger partial charge in [-0.05, 0) is 25.1 Å². The van der Waals surface area contributed by atoms with E-state index in [0.29, 0.717) is 12.0 Å². The van der Waals surface area contributed by atoms with Crippen molar-refractivity contribution in [3.05, 3.63) is 16.7 Å². The van der Waals surface area contributed by atoms with Crippen LogP contribution in [0.1, 0.15) is 66.1 Å². The molecule has 0 saturated heterocycles. The second-order valence-corrected chi connectivity index (χ2v) is 6.30. The van der Waals surface area contributed by atoms with Gasteiger partial charge in [0.25, 0.3) is 0 Å². The Labute approximate surface area is 110 Å². The minimum Gasteiger partial charge on any atom is -0.337 e. The van der Waals surface area contributed by atoms with E-state index in [1.807, 2.05) is 0 Å². The van der Waals surface area contributed by atoms with E-state index in [-0.39, 0.29) is 5.41 Å². The molecule has 0 aliphatic carbocycles. The number of aromatic amines is 1. The van der Waals surface area contributed by atoms with Gasteiger partial charge >= 0.3 is 0 Å². The number of hydrogen-bond donors (Lipinski definition) is 1. The first-order chi connectivity index (χ1) is 7.82. The van der Waals surface area contributed by atoms with E-state index >= 15 is 0 Å². The second-order valence-electron chi connectivity index (χ2n) is 5.92. The van der Waals surface area contributed by atoms with Crippen molar-refractivity contribution in [2.24, 2.45) is 5.92 Å². The fourth-order valence-corrected chi connectivity index (χ4v) is 2.87. The Morgan fingerprint density at radius 3 is 2.24 bits per heavy atom. The molecule has 0 bridgehead atoms. The number of H-pyrrole nitrogens is 1. The van der Waals surface area contributed by atoms with Gasteiger partial charge in [0.1, 0.15) is 0 Å². The third kappa shape index (κ3) is 3.01. The molecule has 1 atom stereocenters. The van der Waals surface area contributed by atoms with Crippen molar-refractivity contribution in [1.82, 2.24) is 9.55 Å². The third-order valence-electron chi connectivity index (χ3n) is 3.72. The van der Waals surface area contributed by atoms with Crippen LogP contribution in [0.25, 0.3) is 0 Å². The van der Waals surface area contributed by atoms with Gasteiger partial charge in [0.2, 0.25) is 0 Å². The highest BCUT2D eigenvalue weighted by atomic mass is 32.1. The molecule has 0 aliphatic rings. The molecule has 17 heavy (non-hydrogen) atoms. The summed E-state index contributed by atoms with van der Waals surface area (Å²) in [5.41, 5.74) is 1.44. The van der Waals surface area contributed by atoms with Crippen LogP contribution in [0.4, 0.5) is 0 Å². The third-order valence-corrected chi connectivity index (χ3v) is 4.03. The van der Waals surface area contributed by atoms with Crippen LogP contribution >= 0.6 is 12.2 Å². The molecule has 2 nitrogen and oxygen atoms in total. The first-order valence-electron chi connectivity index (χ1n) is 6.63. The summed E-state index contributed by atoms with van der Waals surface area (Å²) >= 11 is 5.44. The average Bonchev–Trinajstić information content (AvgIpc) is 2.61. The van der Waals surface area contributed by atoms with Gasteiger partial charge in [-0.1, -0.05) is 47.5 Å². The zero-order chi connectivity index (χ0) is 13.2. The molecule has 1 heterocycles. The highest BCUT2D eigenvalue weighted by Crippen LogP contribution is 2.30. The fraction of sp³-hybridized carbons (Fsp3) is 0.786. The van der Waals surface area contributed by atoms with Crippen LogP contribution < -0.4 is 0 Å². The van der Waals surface area contributed by atoms with Crippen LogP contribution in [0, 0.1) is 10.7 Å². The Morgan fingerprint density at radius 2 is 1.82 bits per heavy atom. The Hall–Kier alpha value is -0.570. The summed E-state index contributed by atoms with van der Waals surface area (Å²) in [5.74, 6) is 0.693. The quantitative estimate of drug-likeness (QED) is 0.762. The summed E-state index contributed by atoms with van der Waals surface area (Å²) in [5, 5.41) is 0. The summed E-state index contributed by atoms with van der Waals surface area (Å²) in [6.45, 7) is 13.5. The lowest BCUT2D eigenvalue weighted by molar-refractivity contribution is 0.314. The van der Waals surface area contributed by atoms with E-state index in [0.717, 1.165) is 4.77 Å². The summed E-state index contributed by atoms with van der Waals surface area (Å²) in [4.78, 5) is 3.21. The molecule has 0 spiro atoms. The Balaban J connectivity index is 3.21. The van der Waals surface area contributed by atoms with Gasteiger partial charge in [-0.2, -0.15) is 0 Å². The molecule has 0 aliphatic heterocycles. The van der Waals surface area contributed by atoms with Gasteiger partial charge in [-0.25, -0.2) is 0 Å². The molecular formula is C14H26N2S. The zero-order valence-electron chi connectivity index (χ0n) is 12.0. The van der Waals surface area contributed by atoms with E-state index in [1.54, 1.807) is 0 Å². The number of rotatable bonds is 4. The van der Waals surface area contributed by atoms with Gasteiger partial charge < -0.3 is 9.55 Å². The molecule has 1 N–H and O–H groups in total. The number of imidazole rings is 1. The Kier molecular flexibility index (Phi) is 4.59. The minimum absolute atomic E-state index is 0.133. The Bertz CT molecular complexity index is 405. The second kappa shape index (κ2) is 5.38. The highest BCUT2D eigenvalue weighted by Gasteiger charge is 2.24. The van der Waals surface area contributed by atoms with Gasteiger partial charge in [0.15, 0.2) is 4.77 Å². The molecule has 1 unspecified atom stereocenters. The maximum atomic E-state index is 5.44. The van der Waals surface area contributed by atoms with E-state index in [9.17, 15) is 0 Å². The van der Waals surface area contributed by atoms with Gasteiger partial charge in [-0.15, -0.1) is 0 Å². The zero-order valence-corrected chi connectivity index (χ0v) is 12.8. The van der Waals surface area contributed by atoms with Gasteiger partial charge in [-0.3, -0.25) is 0 Å². The molecular weight excluding hydrogens is 228 g/mol. The lowest BCUT2D eigenvalue weighted by Crippen LogP contribution is -2.23. The fourth-order valence-electron chi connectivity index (χ4n) is 2.54. The van der Waals surface area contributed by atoms with E-state index in [2.05, 4.69) is 57.3 Å². The average molecular weight is 254 g/mol.